The van der Waals surface area contributed by atoms with E-state index in [0.717, 1.165) is 6.54 Å². The minimum atomic E-state index is 0. The first-order chi connectivity index (χ1) is 7.06. The molecule has 0 radical (unpaired) electrons. The van der Waals surface area contributed by atoms with Crippen LogP contribution in [-0.2, 0) is 6.54 Å². The highest BCUT2D eigenvalue weighted by atomic mass is 35.5. The predicted octanol–water partition coefficient (Wildman–Crippen LogP) is 2.50. The van der Waals surface area contributed by atoms with Crippen molar-refractivity contribution in [2.75, 3.05) is 13.6 Å². The van der Waals surface area contributed by atoms with E-state index in [9.17, 15) is 0 Å². The number of hydrogen-bond acceptors (Lipinski definition) is 2. The molecule has 0 amide bonds. The van der Waals surface area contributed by atoms with Crippen LogP contribution in [0.3, 0.4) is 0 Å². The molecule has 0 spiro atoms. The van der Waals surface area contributed by atoms with E-state index in [0.29, 0.717) is 12.6 Å². The highest BCUT2D eigenvalue weighted by Gasteiger charge is 2.09. The quantitative estimate of drug-likeness (QED) is 0.879. The Morgan fingerprint density at radius 3 is 2.50 bits per heavy atom. The molecular weight excluding hydrogens is 220 g/mol. The van der Waals surface area contributed by atoms with E-state index in [1.54, 1.807) is 0 Å². The molecule has 1 atom stereocenters. The van der Waals surface area contributed by atoms with Gasteiger partial charge in [-0.05, 0) is 44.5 Å². The van der Waals surface area contributed by atoms with Gasteiger partial charge in [-0.1, -0.05) is 18.2 Å². The lowest BCUT2D eigenvalue weighted by Gasteiger charge is -2.24. The standard InChI is InChI=1S/C13H22N2.ClH/c1-10-6-5-7-13(12(10)3)9-15(4)11(2)8-14;/h5-7,11H,8-9,14H2,1-4H3;1H. The molecule has 1 unspecified atom stereocenters. The van der Waals surface area contributed by atoms with E-state index < -0.39 is 0 Å². The van der Waals surface area contributed by atoms with Crippen LogP contribution in [0.5, 0.6) is 0 Å². The number of benzene rings is 1. The summed E-state index contributed by atoms with van der Waals surface area (Å²) in [7, 11) is 2.12. The van der Waals surface area contributed by atoms with Gasteiger partial charge in [-0.3, -0.25) is 4.90 Å². The minimum Gasteiger partial charge on any atom is -0.329 e. The predicted molar refractivity (Wildman–Crippen MR) is 73.1 cm³/mol. The Bertz CT molecular complexity index is 326. The second-order valence-corrected chi connectivity index (χ2v) is 4.36. The number of hydrogen-bond donors (Lipinski definition) is 1. The fourth-order valence-electron chi connectivity index (χ4n) is 1.59. The summed E-state index contributed by atoms with van der Waals surface area (Å²) >= 11 is 0. The Balaban J connectivity index is 0.00000225. The Kier molecular flexibility index (Phi) is 6.65. The van der Waals surface area contributed by atoms with Gasteiger partial charge in [-0.25, -0.2) is 0 Å². The topological polar surface area (TPSA) is 29.3 Å². The molecule has 2 N–H and O–H groups in total. The number of halogens is 1. The molecule has 0 bridgehead atoms. The third-order valence-corrected chi connectivity index (χ3v) is 3.23. The van der Waals surface area contributed by atoms with Crippen LogP contribution >= 0.6 is 12.4 Å². The lowest BCUT2D eigenvalue weighted by Crippen LogP contribution is -2.34. The van der Waals surface area contributed by atoms with Crippen molar-refractivity contribution in [3.63, 3.8) is 0 Å². The van der Waals surface area contributed by atoms with Crippen LogP contribution in [0, 0.1) is 13.8 Å². The molecule has 0 saturated heterocycles. The molecule has 0 aliphatic carbocycles. The zero-order chi connectivity index (χ0) is 11.4. The third-order valence-electron chi connectivity index (χ3n) is 3.23. The monoisotopic (exact) mass is 242 g/mol. The van der Waals surface area contributed by atoms with E-state index in [4.69, 9.17) is 5.73 Å². The third kappa shape index (κ3) is 3.78. The van der Waals surface area contributed by atoms with Gasteiger partial charge >= 0.3 is 0 Å². The molecule has 16 heavy (non-hydrogen) atoms. The van der Waals surface area contributed by atoms with Gasteiger partial charge in [0.1, 0.15) is 0 Å². The average Bonchev–Trinajstić information content (AvgIpc) is 2.23. The van der Waals surface area contributed by atoms with Crippen LogP contribution in [0.4, 0.5) is 0 Å². The normalized spacial score (nSPS) is 12.4. The number of nitrogens with two attached hydrogens (primary N) is 1. The van der Waals surface area contributed by atoms with Crippen molar-refractivity contribution < 1.29 is 0 Å². The van der Waals surface area contributed by atoms with Crippen molar-refractivity contribution in [1.82, 2.24) is 4.90 Å². The fourth-order valence-corrected chi connectivity index (χ4v) is 1.59. The van der Waals surface area contributed by atoms with Gasteiger partial charge in [0.25, 0.3) is 0 Å². The van der Waals surface area contributed by atoms with Crippen LogP contribution in [0.2, 0.25) is 0 Å². The van der Waals surface area contributed by atoms with Gasteiger partial charge in [0, 0.05) is 19.1 Å². The Morgan fingerprint density at radius 2 is 1.94 bits per heavy atom. The van der Waals surface area contributed by atoms with Crippen molar-refractivity contribution in [2.45, 2.75) is 33.4 Å². The van der Waals surface area contributed by atoms with Crippen LogP contribution in [0.1, 0.15) is 23.6 Å². The second kappa shape index (κ2) is 6.89. The summed E-state index contributed by atoms with van der Waals surface area (Å²) in [4.78, 5) is 2.29. The fraction of sp³-hybridized carbons (Fsp3) is 0.538. The van der Waals surface area contributed by atoms with Gasteiger partial charge in [0.2, 0.25) is 0 Å². The minimum absolute atomic E-state index is 0. The van der Waals surface area contributed by atoms with Crippen LogP contribution < -0.4 is 5.73 Å². The first kappa shape index (κ1) is 15.4. The van der Waals surface area contributed by atoms with Crippen molar-refractivity contribution in [1.29, 1.82) is 0 Å². The molecule has 0 heterocycles. The second-order valence-electron chi connectivity index (χ2n) is 4.36. The largest absolute Gasteiger partial charge is 0.329 e. The van der Waals surface area contributed by atoms with Crippen LogP contribution in [0.25, 0.3) is 0 Å². The molecule has 0 aliphatic heterocycles. The van der Waals surface area contributed by atoms with Gasteiger partial charge in [-0.2, -0.15) is 0 Å². The maximum absolute atomic E-state index is 5.65. The zero-order valence-electron chi connectivity index (χ0n) is 10.7. The molecule has 0 saturated carbocycles. The Morgan fingerprint density at radius 1 is 1.31 bits per heavy atom. The summed E-state index contributed by atoms with van der Waals surface area (Å²) in [6, 6.07) is 6.91. The molecule has 1 rings (SSSR count). The summed E-state index contributed by atoms with van der Waals surface area (Å²) in [6.07, 6.45) is 0. The molecule has 1 aromatic carbocycles. The van der Waals surface area contributed by atoms with E-state index in [2.05, 4.69) is 50.9 Å². The summed E-state index contributed by atoms with van der Waals surface area (Å²) in [6.45, 7) is 8.19. The van der Waals surface area contributed by atoms with Gasteiger partial charge in [0.15, 0.2) is 0 Å². The maximum atomic E-state index is 5.65. The summed E-state index contributed by atoms with van der Waals surface area (Å²) in [5.74, 6) is 0. The number of nitrogens with zero attached hydrogens (tertiary/aromatic N) is 1. The van der Waals surface area contributed by atoms with Crippen LogP contribution in [0.15, 0.2) is 18.2 Å². The van der Waals surface area contributed by atoms with Crippen molar-refractivity contribution in [3.8, 4) is 0 Å². The lowest BCUT2D eigenvalue weighted by molar-refractivity contribution is 0.254. The first-order valence-electron chi connectivity index (χ1n) is 5.51. The summed E-state index contributed by atoms with van der Waals surface area (Å²) in [5, 5.41) is 0. The molecule has 0 aromatic heterocycles. The molecular formula is C13H23ClN2. The summed E-state index contributed by atoms with van der Waals surface area (Å²) in [5.41, 5.74) is 9.81. The Hall–Kier alpha value is -0.570. The molecule has 0 aliphatic rings. The molecule has 3 heteroatoms. The molecule has 2 nitrogen and oxygen atoms in total. The Labute approximate surface area is 105 Å². The number of likely N-dealkylation sites (N-methyl/N-ethyl adjacent to an activating group) is 1. The van der Waals surface area contributed by atoms with Gasteiger partial charge in [0.05, 0.1) is 0 Å². The van der Waals surface area contributed by atoms with E-state index in [1.165, 1.54) is 16.7 Å². The van der Waals surface area contributed by atoms with Crippen molar-refractivity contribution in [3.05, 3.63) is 34.9 Å². The van der Waals surface area contributed by atoms with E-state index >= 15 is 0 Å². The molecule has 1 aromatic rings. The molecule has 0 fully saturated rings. The van der Waals surface area contributed by atoms with Crippen molar-refractivity contribution >= 4 is 12.4 Å². The lowest BCUT2D eigenvalue weighted by atomic mass is 10.0. The van der Waals surface area contributed by atoms with Crippen LogP contribution in [-0.4, -0.2) is 24.5 Å². The SMILES string of the molecule is Cc1cccc(CN(C)C(C)CN)c1C.Cl. The van der Waals surface area contributed by atoms with Gasteiger partial charge < -0.3 is 5.73 Å². The highest BCUT2D eigenvalue weighted by Crippen LogP contribution is 2.15. The number of rotatable bonds is 4. The first-order valence-corrected chi connectivity index (χ1v) is 5.51. The average molecular weight is 243 g/mol. The maximum Gasteiger partial charge on any atom is 0.0236 e. The molecule has 92 valence electrons. The zero-order valence-corrected chi connectivity index (χ0v) is 11.5. The van der Waals surface area contributed by atoms with Crippen molar-refractivity contribution in [2.24, 2.45) is 5.73 Å². The smallest absolute Gasteiger partial charge is 0.0236 e. The van der Waals surface area contributed by atoms with Gasteiger partial charge in [-0.15, -0.1) is 12.4 Å². The highest BCUT2D eigenvalue weighted by molar-refractivity contribution is 5.85. The van der Waals surface area contributed by atoms with E-state index in [-0.39, 0.29) is 12.4 Å². The summed E-state index contributed by atoms with van der Waals surface area (Å²) < 4.78 is 0. The number of aryl methyl sites for hydroxylation is 1. The van der Waals surface area contributed by atoms with E-state index in [1.807, 2.05) is 0 Å².